The van der Waals surface area contributed by atoms with Crippen LogP contribution >= 0.6 is 0 Å². The molecule has 0 aliphatic rings. The lowest BCUT2D eigenvalue weighted by atomic mass is 10.2. The minimum Gasteiger partial charge on any atom is -0.505 e. The van der Waals surface area contributed by atoms with Gasteiger partial charge in [-0.05, 0) is 18.6 Å². The average molecular weight is 227 g/mol. The summed E-state index contributed by atoms with van der Waals surface area (Å²) in [5.41, 5.74) is -2.97. The van der Waals surface area contributed by atoms with Crippen molar-refractivity contribution < 1.29 is 27.1 Å². The zero-order valence-electron chi connectivity index (χ0n) is 7.44. The molecule has 84 valence electrons. The highest BCUT2D eigenvalue weighted by molar-refractivity contribution is 5.38. The lowest BCUT2D eigenvalue weighted by molar-refractivity contribution is -0.142. The molecule has 0 fully saturated rings. The number of aromatic hydroxyl groups is 1. The number of alkyl halides is 5. The number of rotatable bonds is 1. The van der Waals surface area contributed by atoms with Crippen molar-refractivity contribution in [2.75, 3.05) is 0 Å². The van der Waals surface area contributed by atoms with Gasteiger partial charge in [-0.25, -0.2) is 13.8 Å². The Labute approximate surface area is 81.4 Å². The molecule has 1 N–H and O–H groups in total. The Hall–Kier alpha value is -1.40. The fraction of sp³-hybridized carbons (Fsp3) is 0.375. The smallest absolute Gasteiger partial charge is 0.437 e. The third kappa shape index (κ3) is 2.34. The van der Waals surface area contributed by atoms with E-state index in [2.05, 4.69) is 4.98 Å². The van der Waals surface area contributed by atoms with Crippen LogP contribution in [0.5, 0.6) is 5.75 Å². The summed E-state index contributed by atoms with van der Waals surface area (Å²) in [5.74, 6) is -1.12. The summed E-state index contributed by atoms with van der Waals surface area (Å²) in [4.78, 5) is 2.68. The molecule has 1 aromatic heterocycles. The van der Waals surface area contributed by atoms with Gasteiger partial charge in [-0.15, -0.1) is 0 Å². The summed E-state index contributed by atoms with van der Waals surface area (Å²) >= 11 is 0. The largest absolute Gasteiger partial charge is 0.505 e. The van der Waals surface area contributed by atoms with Gasteiger partial charge in [0.25, 0.3) is 6.43 Å². The number of hydrogen-bond acceptors (Lipinski definition) is 2. The van der Waals surface area contributed by atoms with Crippen molar-refractivity contribution in [3.63, 3.8) is 0 Å². The van der Waals surface area contributed by atoms with Crippen LogP contribution in [-0.4, -0.2) is 10.1 Å². The third-order valence-corrected chi connectivity index (χ3v) is 1.70. The van der Waals surface area contributed by atoms with Gasteiger partial charge in [-0.2, -0.15) is 13.2 Å². The maximum Gasteiger partial charge on any atom is 0.437 e. The fourth-order valence-electron chi connectivity index (χ4n) is 1.00. The molecule has 0 saturated carbocycles. The minimum atomic E-state index is -4.94. The molecule has 0 amide bonds. The van der Waals surface area contributed by atoms with E-state index in [1.165, 1.54) is 0 Å². The van der Waals surface area contributed by atoms with E-state index in [0.29, 0.717) is 0 Å². The Bertz CT molecular complexity index is 374. The van der Waals surface area contributed by atoms with Gasteiger partial charge in [0, 0.05) is 0 Å². The Kier molecular flexibility index (Phi) is 2.83. The van der Waals surface area contributed by atoms with E-state index in [-0.39, 0.29) is 5.56 Å². The highest BCUT2D eigenvalue weighted by Gasteiger charge is 2.37. The van der Waals surface area contributed by atoms with Crippen LogP contribution in [0.25, 0.3) is 0 Å². The number of nitrogens with zero attached hydrogens (tertiary/aromatic N) is 1. The van der Waals surface area contributed by atoms with Crippen LogP contribution in [0, 0.1) is 6.92 Å². The van der Waals surface area contributed by atoms with Gasteiger partial charge in [0.1, 0.15) is 11.4 Å². The topological polar surface area (TPSA) is 33.1 Å². The standard InChI is InChI=1S/C8H6F5NO/c1-3-2-4(7(9)10)14-6(5(3)15)8(11,12)13/h2,7,15H,1H3. The molecule has 0 aliphatic heterocycles. The summed E-state index contributed by atoms with van der Waals surface area (Å²) < 4.78 is 60.9. The van der Waals surface area contributed by atoms with Gasteiger partial charge in [0.05, 0.1) is 0 Å². The van der Waals surface area contributed by atoms with Crippen LogP contribution in [0.4, 0.5) is 22.0 Å². The van der Waals surface area contributed by atoms with Gasteiger partial charge in [-0.3, -0.25) is 0 Å². The maximum absolute atomic E-state index is 12.2. The fourth-order valence-corrected chi connectivity index (χ4v) is 1.00. The quantitative estimate of drug-likeness (QED) is 0.748. The molecule has 0 aliphatic carbocycles. The number of aryl methyl sites for hydroxylation is 1. The normalized spacial score (nSPS) is 12.2. The molecule has 0 spiro atoms. The highest BCUT2D eigenvalue weighted by Crippen LogP contribution is 2.37. The van der Waals surface area contributed by atoms with Gasteiger partial charge in [-0.1, -0.05) is 0 Å². The molecule has 7 heteroatoms. The van der Waals surface area contributed by atoms with Crippen molar-refractivity contribution in [1.82, 2.24) is 4.98 Å². The first kappa shape index (κ1) is 11.7. The summed E-state index contributed by atoms with van der Waals surface area (Å²) in [7, 11) is 0. The monoisotopic (exact) mass is 227 g/mol. The molecule has 0 unspecified atom stereocenters. The number of aromatic nitrogens is 1. The van der Waals surface area contributed by atoms with Crippen LogP contribution < -0.4 is 0 Å². The zero-order valence-corrected chi connectivity index (χ0v) is 7.44. The first-order valence-corrected chi connectivity index (χ1v) is 3.79. The molecule has 0 saturated heterocycles. The summed E-state index contributed by atoms with van der Waals surface area (Å²) in [6.07, 6.45) is -8.05. The number of hydrogen-bond donors (Lipinski definition) is 1. The Balaban J connectivity index is 3.38. The van der Waals surface area contributed by atoms with Gasteiger partial charge in [0.2, 0.25) is 0 Å². The van der Waals surface area contributed by atoms with Crippen molar-refractivity contribution in [1.29, 1.82) is 0 Å². The van der Waals surface area contributed by atoms with Crippen molar-refractivity contribution in [3.8, 4) is 5.75 Å². The van der Waals surface area contributed by atoms with E-state index in [1.54, 1.807) is 0 Å². The first-order valence-electron chi connectivity index (χ1n) is 3.79. The van der Waals surface area contributed by atoms with E-state index in [1.807, 2.05) is 0 Å². The Morgan fingerprint density at radius 1 is 1.33 bits per heavy atom. The van der Waals surface area contributed by atoms with Crippen LogP contribution in [0.3, 0.4) is 0 Å². The van der Waals surface area contributed by atoms with Crippen LogP contribution in [0.2, 0.25) is 0 Å². The maximum atomic E-state index is 12.2. The first-order chi connectivity index (χ1) is 6.73. The van der Waals surface area contributed by atoms with Gasteiger partial charge >= 0.3 is 6.18 Å². The second kappa shape index (κ2) is 3.63. The van der Waals surface area contributed by atoms with Crippen molar-refractivity contribution in [2.24, 2.45) is 0 Å². The molecule has 1 rings (SSSR count). The van der Waals surface area contributed by atoms with Crippen molar-refractivity contribution in [2.45, 2.75) is 19.5 Å². The number of pyridine rings is 1. The Morgan fingerprint density at radius 3 is 2.27 bits per heavy atom. The summed E-state index contributed by atoms with van der Waals surface area (Å²) in [6, 6.07) is 0.718. The zero-order chi connectivity index (χ0) is 11.8. The lowest BCUT2D eigenvalue weighted by Gasteiger charge is -2.11. The third-order valence-electron chi connectivity index (χ3n) is 1.70. The van der Waals surface area contributed by atoms with E-state index in [0.717, 1.165) is 13.0 Å². The van der Waals surface area contributed by atoms with Crippen molar-refractivity contribution >= 4 is 0 Å². The lowest BCUT2D eigenvalue weighted by Crippen LogP contribution is -2.11. The molecule has 0 bridgehead atoms. The second-order valence-corrected chi connectivity index (χ2v) is 2.86. The molecular formula is C8H6F5NO. The van der Waals surface area contributed by atoms with Crippen LogP contribution in [0.15, 0.2) is 6.07 Å². The molecule has 0 radical (unpaired) electrons. The van der Waals surface area contributed by atoms with Gasteiger partial charge in [0.15, 0.2) is 5.69 Å². The predicted octanol–water partition coefficient (Wildman–Crippen LogP) is 3.05. The van der Waals surface area contributed by atoms with Crippen LogP contribution in [-0.2, 0) is 6.18 Å². The SMILES string of the molecule is Cc1cc(C(F)F)nc(C(F)(F)F)c1O. The molecule has 0 atom stereocenters. The molecule has 15 heavy (non-hydrogen) atoms. The predicted molar refractivity (Wildman–Crippen MR) is 40.6 cm³/mol. The number of halogens is 5. The van der Waals surface area contributed by atoms with Crippen LogP contribution in [0.1, 0.15) is 23.4 Å². The molecule has 1 aromatic rings. The van der Waals surface area contributed by atoms with Gasteiger partial charge < -0.3 is 5.11 Å². The Morgan fingerprint density at radius 2 is 1.87 bits per heavy atom. The summed E-state index contributed by atoms with van der Waals surface area (Å²) in [6.45, 7) is 1.10. The molecule has 0 aromatic carbocycles. The molecule has 2 nitrogen and oxygen atoms in total. The van der Waals surface area contributed by atoms with E-state index in [9.17, 15) is 22.0 Å². The average Bonchev–Trinajstić information content (AvgIpc) is 2.06. The minimum absolute atomic E-state index is 0.285. The van der Waals surface area contributed by atoms with E-state index < -0.39 is 29.7 Å². The van der Waals surface area contributed by atoms with E-state index in [4.69, 9.17) is 5.11 Å². The highest BCUT2D eigenvalue weighted by atomic mass is 19.4. The second-order valence-electron chi connectivity index (χ2n) is 2.86. The van der Waals surface area contributed by atoms with E-state index >= 15 is 0 Å². The molecule has 1 heterocycles. The summed E-state index contributed by atoms with van der Waals surface area (Å²) in [5, 5.41) is 9.01. The van der Waals surface area contributed by atoms with Crippen molar-refractivity contribution in [3.05, 3.63) is 23.0 Å². The molecular weight excluding hydrogens is 221 g/mol.